The van der Waals surface area contributed by atoms with Crippen molar-refractivity contribution in [2.75, 3.05) is 33.4 Å². The van der Waals surface area contributed by atoms with E-state index >= 15 is 0 Å². The van der Waals surface area contributed by atoms with E-state index in [2.05, 4.69) is 34.8 Å². The summed E-state index contributed by atoms with van der Waals surface area (Å²) in [6, 6.07) is 14.0. The molecule has 4 rings (SSSR count). The summed E-state index contributed by atoms with van der Waals surface area (Å²) in [5.74, 6) is 2.01. The lowest BCUT2D eigenvalue weighted by atomic mass is 9.84. The van der Waals surface area contributed by atoms with E-state index in [1.807, 2.05) is 24.3 Å². The molecule has 0 amide bonds. The maximum atomic E-state index is 10.8. The summed E-state index contributed by atoms with van der Waals surface area (Å²) in [6.07, 6.45) is 3.91. The Bertz CT molecular complexity index is 821. The molecule has 2 aromatic carbocycles. The van der Waals surface area contributed by atoms with Gasteiger partial charge in [0.1, 0.15) is 23.9 Å². The Hall–Kier alpha value is -2.28. The van der Waals surface area contributed by atoms with Crippen molar-refractivity contribution in [1.29, 1.82) is 0 Å². The lowest BCUT2D eigenvalue weighted by molar-refractivity contribution is 0.183. The second kappa shape index (κ2) is 9.69. The zero-order valence-electron chi connectivity index (χ0n) is 17.9. The maximum absolute atomic E-state index is 10.8. The molecule has 6 heteroatoms. The zero-order valence-corrected chi connectivity index (χ0v) is 17.9. The van der Waals surface area contributed by atoms with Crippen LogP contribution in [0.1, 0.15) is 49.3 Å². The molecule has 2 saturated heterocycles. The lowest BCUT2D eigenvalue weighted by Crippen LogP contribution is -2.33. The number of phenols is 1. The Labute approximate surface area is 179 Å². The number of methoxy groups -OCH3 is 1. The molecule has 0 aromatic heterocycles. The van der Waals surface area contributed by atoms with Gasteiger partial charge in [-0.1, -0.05) is 24.6 Å². The van der Waals surface area contributed by atoms with Gasteiger partial charge in [0.2, 0.25) is 0 Å². The Morgan fingerprint density at radius 3 is 2.43 bits per heavy atom. The van der Waals surface area contributed by atoms with Gasteiger partial charge in [-0.15, -0.1) is 0 Å². The van der Waals surface area contributed by atoms with E-state index in [9.17, 15) is 5.11 Å². The fraction of sp³-hybridized carbons (Fsp3) is 0.500. The number of hydrogen-bond acceptors (Lipinski definition) is 6. The first kappa shape index (κ1) is 21.0. The van der Waals surface area contributed by atoms with E-state index in [0.717, 1.165) is 17.9 Å². The molecule has 3 N–H and O–H groups in total. The number of aromatic hydroxyl groups is 1. The Balaban J connectivity index is 1.43. The fourth-order valence-corrected chi connectivity index (χ4v) is 4.62. The number of nitrogens with one attached hydrogen (secondary N) is 2. The average Bonchev–Trinajstić information content (AvgIpc) is 3.16. The second-order valence-corrected chi connectivity index (χ2v) is 8.33. The van der Waals surface area contributed by atoms with E-state index < -0.39 is 0 Å². The number of rotatable bonds is 7. The number of ether oxygens (including phenoxy) is 2. The summed E-state index contributed by atoms with van der Waals surface area (Å²) in [5, 5.41) is 10.8. The third-order valence-corrected chi connectivity index (χ3v) is 6.33. The van der Waals surface area contributed by atoms with Gasteiger partial charge in [0.25, 0.3) is 0 Å². The lowest BCUT2D eigenvalue weighted by Gasteiger charge is -2.26. The van der Waals surface area contributed by atoms with Gasteiger partial charge in [-0.3, -0.25) is 10.3 Å². The number of phenolic OH excluding ortho intramolecular Hbond substituents is 1. The first-order valence-corrected chi connectivity index (χ1v) is 11.0. The van der Waals surface area contributed by atoms with Crippen molar-refractivity contribution in [1.82, 2.24) is 15.8 Å². The van der Waals surface area contributed by atoms with Crippen molar-refractivity contribution >= 4 is 0 Å². The molecule has 30 heavy (non-hydrogen) atoms. The number of hydrogen-bond donors (Lipinski definition) is 3. The van der Waals surface area contributed by atoms with Crippen LogP contribution in [0.2, 0.25) is 0 Å². The van der Waals surface area contributed by atoms with E-state index in [4.69, 9.17) is 9.47 Å². The standard InChI is InChI=1S/C24H33N3O3/c1-17-23(18-6-8-19(29-2)9-7-18)24(26-25-17)21-11-10-20(16-22(21)28)30-15-14-27-12-4-3-5-13-27/h6-11,16-17,23-26,28H,3-5,12-15H2,1-2H3. The monoisotopic (exact) mass is 411 g/mol. The van der Waals surface area contributed by atoms with E-state index in [1.54, 1.807) is 13.2 Å². The Morgan fingerprint density at radius 1 is 1.00 bits per heavy atom. The molecule has 2 aliphatic rings. The van der Waals surface area contributed by atoms with Crippen LogP contribution >= 0.6 is 0 Å². The molecule has 0 bridgehead atoms. The van der Waals surface area contributed by atoms with E-state index in [0.29, 0.717) is 12.4 Å². The predicted molar refractivity (Wildman–Crippen MR) is 118 cm³/mol. The molecule has 3 unspecified atom stereocenters. The van der Waals surface area contributed by atoms with E-state index in [-0.39, 0.29) is 23.8 Å². The van der Waals surface area contributed by atoms with Gasteiger partial charge in [-0.2, -0.15) is 0 Å². The van der Waals surface area contributed by atoms with Crippen LogP contribution in [0.25, 0.3) is 0 Å². The number of piperidine rings is 1. The number of hydrazine groups is 1. The summed E-state index contributed by atoms with van der Waals surface area (Å²) in [5.41, 5.74) is 8.76. The van der Waals surface area contributed by atoms with Gasteiger partial charge in [0.05, 0.1) is 13.2 Å². The van der Waals surface area contributed by atoms with Crippen LogP contribution in [0.4, 0.5) is 0 Å². The molecule has 0 aliphatic carbocycles. The quantitative estimate of drug-likeness (QED) is 0.647. The van der Waals surface area contributed by atoms with Crippen LogP contribution in [0.5, 0.6) is 17.2 Å². The highest BCUT2D eigenvalue weighted by atomic mass is 16.5. The number of likely N-dealkylation sites (tertiary alicyclic amines) is 1. The average molecular weight is 412 g/mol. The smallest absolute Gasteiger partial charge is 0.124 e. The maximum Gasteiger partial charge on any atom is 0.124 e. The third-order valence-electron chi connectivity index (χ3n) is 6.33. The molecule has 2 aliphatic heterocycles. The van der Waals surface area contributed by atoms with Crippen LogP contribution in [0.15, 0.2) is 42.5 Å². The van der Waals surface area contributed by atoms with Crippen LogP contribution < -0.4 is 20.3 Å². The van der Waals surface area contributed by atoms with Gasteiger partial charge in [0, 0.05) is 30.1 Å². The van der Waals surface area contributed by atoms with Crippen LogP contribution in [-0.4, -0.2) is 49.4 Å². The van der Waals surface area contributed by atoms with Crippen molar-refractivity contribution in [3.8, 4) is 17.2 Å². The van der Waals surface area contributed by atoms with Crippen LogP contribution in [0, 0.1) is 0 Å². The van der Waals surface area contributed by atoms with Gasteiger partial charge >= 0.3 is 0 Å². The summed E-state index contributed by atoms with van der Waals surface area (Å²) < 4.78 is 11.2. The van der Waals surface area contributed by atoms with Crippen LogP contribution in [-0.2, 0) is 0 Å². The Morgan fingerprint density at radius 2 is 1.73 bits per heavy atom. The highest BCUT2D eigenvalue weighted by molar-refractivity contribution is 5.44. The molecule has 2 heterocycles. The summed E-state index contributed by atoms with van der Waals surface area (Å²) in [6.45, 7) is 6.07. The summed E-state index contributed by atoms with van der Waals surface area (Å²) >= 11 is 0. The summed E-state index contributed by atoms with van der Waals surface area (Å²) in [7, 11) is 1.67. The molecular weight excluding hydrogens is 378 g/mol. The normalized spacial score (nSPS) is 24.7. The van der Waals surface area contributed by atoms with Crippen molar-refractivity contribution in [2.45, 2.75) is 44.2 Å². The molecule has 3 atom stereocenters. The molecule has 0 saturated carbocycles. The highest BCUT2D eigenvalue weighted by Crippen LogP contribution is 2.41. The van der Waals surface area contributed by atoms with Gasteiger partial charge in [0.15, 0.2) is 0 Å². The minimum atomic E-state index is -0.0317. The second-order valence-electron chi connectivity index (χ2n) is 8.33. The fourth-order valence-electron chi connectivity index (χ4n) is 4.62. The van der Waals surface area contributed by atoms with Crippen molar-refractivity contribution < 1.29 is 14.6 Å². The van der Waals surface area contributed by atoms with Crippen molar-refractivity contribution in [3.05, 3.63) is 53.6 Å². The van der Waals surface area contributed by atoms with Gasteiger partial charge in [-0.25, -0.2) is 5.43 Å². The van der Waals surface area contributed by atoms with Gasteiger partial charge < -0.3 is 14.6 Å². The first-order chi connectivity index (χ1) is 14.7. The van der Waals surface area contributed by atoms with E-state index in [1.165, 1.54) is 37.9 Å². The molecule has 0 radical (unpaired) electrons. The van der Waals surface area contributed by atoms with Gasteiger partial charge in [-0.05, 0) is 56.6 Å². The molecule has 0 spiro atoms. The minimum Gasteiger partial charge on any atom is -0.507 e. The number of benzene rings is 2. The van der Waals surface area contributed by atoms with Crippen LogP contribution in [0.3, 0.4) is 0 Å². The summed E-state index contributed by atoms with van der Waals surface area (Å²) in [4.78, 5) is 2.45. The largest absolute Gasteiger partial charge is 0.507 e. The first-order valence-electron chi connectivity index (χ1n) is 11.0. The molecule has 6 nitrogen and oxygen atoms in total. The van der Waals surface area contributed by atoms with Crippen molar-refractivity contribution in [3.63, 3.8) is 0 Å². The Kier molecular flexibility index (Phi) is 6.77. The van der Waals surface area contributed by atoms with Crippen molar-refractivity contribution in [2.24, 2.45) is 0 Å². The topological polar surface area (TPSA) is 66.0 Å². The highest BCUT2D eigenvalue weighted by Gasteiger charge is 2.36. The molecule has 162 valence electrons. The minimum absolute atomic E-state index is 0.0317. The predicted octanol–water partition coefficient (Wildman–Crippen LogP) is 3.59. The third kappa shape index (κ3) is 4.72. The number of nitrogens with zero attached hydrogens (tertiary/aromatic N) is 1. The molecule has 2 aromatic rings. The zero-order chi connectivity index (χ0) is 20.9. The molecular formula is C24H33N3O3. The molecule has 2 fully saturated rings. The SMILES string of the molecule is COc1ccc(C2C(C)NNC2c2ccc(OCCN3CCCCC3)cc2O)cc1.